The molecule has 2 aromatic rings. The Morgan fingerprint density at radius 1 is 1.25 bits per heavy atom. The third kappa shape index (κ3) is 2.23. The van der Waals surface area contributed by atoms with Crippen LogP contribution in [0.15, 0.2) is 53.3 Å². The van der Waals surface area contributed by atoms with Crippen molar-refractivity contribution < 1.29 is 19.1 Å². The lowest BCUT2D eigenvalue weighted by Gasteiger charge is -2.13. The molecule has 0 aliphatic rings. The van der Waals surface area contributed by atoms with Gasteiger partial charge in [0.15, 0.2) is 0 Å². The van der Waals surface area contributed by atoms with Gasteiger partial charge in [0.2, 0.25) is 6.10 Å². The van der Waals surface area contributed by atoms with Crippen molar-refractivity contribution in [1.82, 2.24) is 0 Å². The third-order valence-corrected chi connectivity index (χ3v) is 2.07. The number of furan rings is 1. The molecule has 1 atom stereocenters. The van der Waals surface area contributed by atoms with Gasteiger partial charge in [0.1, 0.15) is 5.75 Å². The van der Waals surface area contributed by atoms with E-state index in [9.17, 15) is 4.79 Å². The number of carbonyl (C=O) groups is 1. The molecule has 0 aliphatic carbocycles. The summed E-state index contributed by atoms with van der Waals surface area (Å²) in [6.45, 7) is 0. The molecule has 0 radical (unpaired) electrons. The van der Waals surface area contributed by atoms with Crippen molar-refractivity contribution in [2.45, 2.75) is 6.10 Å². The molecular formula is C12H10O4. The summed E-state index contributed by atoms with van der Waals surface area (Å²) in [4.78, 5) is 11.0. The number of carboxylic acid groups (broad SMARTS) is 1. The molecule has 0 spiro atoms. The first-order valence-electron chi connectivity index (χ1n) is 4.74. The van der Waals surface area contributed by atoms with Crippen molar-refractivity contribution in [3.63, 3.8) is 0 Å². The Balaban J connectivity index is 2.19. The van der Waals surface area contributed by atoms with Crippen LogP contribution < -0.4 is 4.74 Å². The summed E-state index contributed by atoms with van der Waals surface area (Å²) < 4.78 is 10.2. The van der Waals surface area contributed by atoms with E-state index >= 15 is 0 Å². The van der Waals surface area contributed by atoms with E-state index in [1.54, 1.807) is 30.3 Å². The maximum absolute atomic E-state index is 11.0. The van der Waals surface area contributed by atoms with E-state index < -0.39 is 12.1 Å². The van der Waals surface area contributed by atoms with Crippen LogP contribution in [0.1, 0.15) is 11.7 Å². The SMILES string of the molecule is O=C(O)C(Oc1ccccc1)c1ccoc1. The highest BCUT2D eigenvalue weighted by Crippen LogP contribution is 2.22. The Hall–Kier alpha value is -2.23. The fourth-order valence-corrected chi connectivity index (χ4v) is 1.32. The Morgan fingerprint density at radius 3 is 2.56 bits per heavy atom. The standard InChI is InChI=1S/C12H10O4/c13-12(14)11(9-6-7-15-8-9)16-10-4-2-1-3-5-10/h1-8,11H,(H,13,14). The van der Waals surface area contributed by atoms with Crippen LogP contribution in [-0.2, 0) is 4.79 Å². The second kappa shape index (κ2) is 4.53. The first kappa shape index (κ1) is 10.3. The maximum Gasteiger partial charge on any atom is 0.349 e. The first-order valence-corrected chi connectivity index (χ1v) is 4.74. The van der Waals surface area contributed by atoms with Gasteiger partial charge in [-0.15, -0.1) is 0 Å². The largest absolute Gasteiger partial charge is 0.478 e. The number of ether oxygens (including phenoxy) is 1. The highest BCUT2D eigenvalue weighted by molar-refractivity contribution is 5.74. The Kier molecular flexibility index (Phi) is 2.91. The molecule has 1 heterocycles. The Bertz CT molecular complexity index is 447. The monoisotopic (exact) mass is 218 g/mol. The summed E-state index contributed by atoms with van der Waals surface area (Å²) in [5.41, 5.74) is 0.483. The van der Waals surface area contributed by atoms with E-state index in [-0.39, 0.29) is 0 Å². The minimum Gasteiger partial charge on any atom is -0.478 e. The average molecular weight is 218 g/mol. The van der Waals surface area contributed by atoms with Crippen LogP contribution in [-0.4, -0.2) is 11.1 Å². The van der Waals surface area contributed by atoms with E-state index in [1.165, 1.54) is 12.5 Å². The van der Waals surface area contributed by atoms with Crippen LogP contribution in [0.25, 0.3) is 0 Å². The van der Waals surface area contributed by atoms with Gasteiger partial charge in [0, 0.05) is 5.56 Å². The third-order valence-electron chi connectivity index (χ3n) is 2.07. The second-order valence-corrected chi connectivity index (χ2v) is 3.21. The predicted octanol–water partition coefficient (Wildman–Crippen LogP) is 2.48. The normalized spacial score (nSPS) is 12.0. The molecule has 1 N–H and O–H groups in total. The molecule has 16 heavy (non-hydrogen) atoms. The molecule has 0 bridgehead atoms. The molecule has 0 saturated heterocycles. The highest BCUT2D eigenvalue weighted by Gasteiger charge is 2.22. The molecule has 1 aromatic heterocycles. The molecule has 4 heteroatoms. The smallest absolute Gasteiger partial charge is 0.349 e. The first-order chi connectivity index (χ1) is 7.77. The summed E-state index contributed by atoms with van der Waals surface area (Å²) in [5.74, 6) is -0.540. The van der Waals surface area contributed by atoms with Crippen LogP contribution >= 0.6 is 0 Å². The summed E-state index contributed by atoms with van der Waals surface area (Å²) in [5, 5.41) is 9.04. The van der Waals surface area contributed by atoms with Crippen molar-refractivity contribution in [2.24, 2.45) is 0 Å². The Labute approximate surface area is 92.1 Å². The van der Waals surface area contributed by atoms with E-state index in [0.29, 0.717) is 11.3 Å². The van der Waals surface area contributed by atoms with Crippen LogP contribution in [0, 0.1) is 0 Å². The fraction of sp³-hybridized carbons (Fsp3) is 0.0833. The van der Waals surface area contributed by atoms with Crippen LogP contribution in [0.3, 0.4) is 0 Å². The van der Waals surface area contributed by atoms with Crippen LogP contribution in [0.4, 0.5) is 0 Å². The predicted molar refractivity (Wildman–Crippen MR) is 56.2 cm³/mol. The second-order valence-electron chi connectivity index (χ2n) is 3.21. The van der Waals surface area contributed by atoms with Gasteiger partial charge in [0.05, 0.1) is 12.5 Å². The summed E-state index contributed by atoms with van der Waals surface area (Å²) in [6.07, 6.45) is 1.74. The lowest BCUT2D eigenvalue weighted by Crippen LogP contribution is -2.17. The number of aliphatic carboxylic acids is 1. The summed E-state index contributed by atoms with van der Waals surface area (Å²) in [7, 11) is 0. The van der Waals surface area contributed by atoms with E-state index in [2.05, 4.69) is 0 Å². The zero-order valence-corrected chi connectivity index (χ0v) is 8.37. The number of hydrogen-bond donors (Lipinski definition) is 1. The minimum absolute atomic E-state index is 0.483. The zero-order valence-electron chi connectivity index (χ0n) is 8.37. The quantitative estimate of drug-likeness (QED) is 0.856. The van der Waals surface area contributed by atoms with Gasteiger partial charge in [0.25, 0.3) is 0 Å². The van der Waals surface area contributed by atoms with Crippen molar-refractivity contribution in [2.75, 3.05) is 0 Å². The van der Waals surface area contributed by atoms with Gasteiger partial charge in [-0.25, -0.2) is 4.79 Å². The van der Waals surface area contributed by atoms with Crippen molar-refractivity contribution in [3.8, 4) is 5.75 Å². The number of rotatable bonds is 4. The Morgan fingerprint density at radius 2 is 2.00 bits per heavy atom. The van der Waals surface area contributed by atoms with Gasteiger partial charge < -0.3 is 14.3 Å². The average Bonchev–Trinajstić information content (AvgIpc) is 2.80. The summed E-state index contributed by atoms with van der Waals surface area (Å²) >= 11 is 0. The molecule has 4 nitrogen and oxygen atoms in total. The van der Waals surface area contributed by atoms with Crippen molar-refractivity contribution >= 4 is 5.97 Å². The van der Waals surface area contributed by atoms with Crippen LogP contribution in [0.2, 0.25) is 0 Å². The lowest BCUT2D eigenvalue weighted by molar-refractivity contribution is -0.145. The molecule has 0 aliphatic heterocycles. The maximum atomic E-state index is 11.0. The number of hydrogen-bond acceptors (Lipinski definition) is 3. The fourth-order valence-electron chi connectivity index (χ4n) is 1.32. The topological polar surface area (TPSA) is 59.7 Å². The van der Waals surface area contributed by atoms with Crippen molar-refractivity contribution in [3.05, 3.63) is 54.5 Å². The van der Waals surface area contributed by atoms with Gasteiger partial charge in [-0.05, 0) is 18.2 Å². The van der Waals surface area contributed by atoms with Gasteiger partial charge in [-0.1, -0.05) is 18.2 Å². The highest BCUT2D eigenvalue weighted by atomic mass is 16.5. The van der Waals surface area contributed by atoms with Crippen molar-refractivity contribution in [1.29, 1.82) is 0 Å². The number of para-hydroxylation sites is 1. The summed E-state index contributed by atoms with van der Waals surface area (Å²) in [6, 6.07) is 10.4. The number of benzene rings is 1. The molecule has 0 saturated carbocycles. The van der Waals surface area contributed by atoms with Gasteiger partial charge in [-0.2, -0.15) is 0 Å². The zero-order chi connectivity index (χ0) is 11.4. The van der Waals surface area contributed by atoms with Crippen LogP contribution in [0.5, 0.6) is 5.75 Å². The molecule has 1 aromatic carbocycles. The minimum atomic E-state index is -1.05. The molecular weight excluding hydrogens is 208 g/mol. The molecule has 2 rings (SSSR count). The number of carboxylic acids is 1. The van der Waals surface area contributed by atoms with E-state index in [0.717, 1.165) is 0 Å². The molecule has 0 fully saturated rings. The molecule has 0 amide bonds. The lowest BCUT2D eigenvalue weighted by atomic mass is 10.2. The van der Waals surface area contributed by atoms with E-state index in [4.69, 9.17) is 14.3 Å². The van der Waals surface area contributed by atoms with Gasteiger partial charge in [-0.3, -0.25) is 0 Å². The van der Waals surface area contributed by atoms with E-state index in [1.807, 2.05) is 6.07 Å². The molecule has 1 unspecified atom stereocenters. The molecule has 82 valence electrons. The van der Waals surface area contributed by atoms with Gasteiger partial charge >= 0.3 is 5.97 Å².